The van der Waals surface area contributed by atoms with Crippen molar-refractivity contribution < 1.29 is 19.1 Å². The summed E-state index contributed by atoms with van der Waals surface area (Å²) < 4.78 is 9.95. The van der Waals surface area contributed by atoms with E-state index in [0.717, 1.165) is 22.1 Å². The van der Waals surface area contributed by atoms with Crippen LogP contribution in [-0.4, -0.2) is 26.1 Å². The summed E-state index contributed by atoms with van der Waals surface area (Å²) in [6.07, 6.45) is 0. The second-order valence-corrected chi connectivity index (χ2v) is 6.78. The Hall–Kier alpha value is -3.05. The van der Waals surface area contributed by atoms with Gasteiger partial charge in [-0.3, -0.25) is 4.79 Å². The molecule has 3 aromatic rings. The van der Waals surface area contributed by atoms with Crippen LogP contribution in [0.2, 0.25) is 5.02 Å². The van der Waals surface area contributed by atoms with Crippen molar-refractivity contribution in [2.45, 2.75) is 12.8 Å². The number of amides is 1. The quantitative estimate of drug-likeness (QED) is 0.613. The molecule has 0 aliphatic heterocycles. The first kappa shape index (κ1) is 19.7. The van der Waals surface area contributed by atoms with Gasteiger partial charge in [0.1, 0.15) is 5.75 Å². The molecule has 5 nitrogen and oxygen atoms in total. The summed E-state index contributed by atoms with van der Waals surface area (Å²) in [7, 11) is 2.93. The van der Waals surface area contributed by atoms with Gasteiger partial charge < -0.3 is 14.8 Å². The monoisotopic (exact) mass is 397 g/mol. The molecule has 0 spiro atoms. The molecule has 0 aliphatic carbocycles. The number of hydrogen-bond acceptors (Lipinski definition) is 4. The third-order valence-corrected chi connectivity index (χ3v) is 4.94. The lowest BCUT2D eigenvalue weighted by Crippen LogP contribution is -2.19. The molecule has 0 saturated heterocycles. The lowest BCUT2D eigenvalue weighted by Gasteiger charge is -2.15. The van der Waals surface area contributed by atoms with Crippen molar-refractivity contribution in [3.8, 4) is 5.75 Å². The number of ether oxygens (including phenoxy) is 2. The van der Waals surface area contributed by atoms with Crippen molar-refractivity contribution in [3.05, 3.63) is 70.7 Å². The zero-order valence-electron chi connectivity index (χ0n) is 15.8. The van der Waals surface area contributed by atoms with Gasteiger partial charge >= 0.3 is 5.97 Å². The third kappa shape index (κ3) is 4.10. The van der Waals surface area contributed by atoms with E-state index in [1.807, 2.05) is 43.3 Å². The number of fused-ring (bicyclic) bond motifs is 1. The summed E-state index contributed by atoms with van der Waals surface area (Å²) in [6, 6.07) is 16.2. The Labute approximate surface area is 168 Å². The van der Waals surface area contributed by atoms with E-state index < -0.39 is 11.9 Å². The average Bonchev–Trinajstić information content (AvgIpc) is 2.73. The Morgan fingerprint density at radius 1 is 0.964 bits per heavy atom. The minimum atomic E-state index is -0.495. The van der Waals surface area contributed by atoms with Crippen LogP contribution in [0.5, 0.6) is 5.75 Å². The zero-order valence-corrected chi connectivity index (χ0v) is 16.5. The maximum atomic E-state index is 12.7. The number of carbonyl (C=O) groups excluding carboxylic acids is 2. The summed E-state index contributed by atoms with van der Waals surface area (Å²) in [5.41, 5.74) is 1.55. The number of anilines is 1. The van der Waals surface area contributed by atoms with Crippen LogP contribution in [0, 0.1) is 0 Å². The molecule has 3 rings (SSSR count). The molecule has 1 atom stereocenters. The Morgan fingerprint density at radius 3 is 2.39 bits per heavy atom. The van der Waals surface area contributed by atoms with Crippen LogP contribution in [-0.2, 0) is 9.53 Å². The number of methoxy groups -OCH3 is 2. The number of hydrogen-bond donors (Lipinski definition) is 1. The number of esters is 1. The van der Waals surface area contributed by atoms with Gasteiger partial charge in [0, 0.05) is 0 Å². The Bertz CT molecular complexity index is 1050. The summed E-state index contributed by atoms with van der Waals surface area (Å²) >= 11 is 6.17. The largest absolute Gasteiger partial charge is 0.497 e. The number of halogens is 1. The maximum absolute atomic E-state index is 12.7. The van der Waals surface area contributed by atoms with Crippen LogP contribution < -0.4 is 10.1 Å². The van der Waals surface area contributed by atoms with Gasteiger partial charge in [-0.15, -0.1) is 0 Å². The molecule has 144 valence electrons. The molecule has 6 heteroatoms. The summed E-state index contributed by atoms with van der Waals surface area (Å²) in [5.74, 6) is -0.350. The molecule has 0 saturated carbocycles. The second kappa shape index (κ2) is 8.31. The van der Waals surface area contributed by atoms with Crippen LogP contribution in [0.3, 0.4) is 0 Å². The molecule has 0 aromatic heterocycles. The standard InChI is InChI=1S/C22H20ClNO4/c1-13(14-4-5-16-11-18(27-2)8-6-15(16)10-14)21(25)24-20-12-17(22(26)28-3)7-9-19(20)23/h4-13H,1-3H3,(H,24,25)/t13-/m0/s1. The van der Waals surface area contributed by atoms with Gasteiger partial charge in [0.2, 0.25) is 5.91 Å². The van der Waals surface area contributed by atoms with Gasteiger partial charge in [-0.2, -0.15) is 0 Å². The number of benzene rings is 3. The minimum Gasteiger partial charge on any atom is -0.497 e. The van der Waals surface area contributed by atoms with Gasteiger partial charge in [0.15, 0.2) is 0 Å². The maximum Gasteiger partial charge on any atom is 0.337 e. The molecule has 0 heterocycles. The van der Waals surface area contributed by atoms with E-state index in [1.165, 1.54) is 13.2 Å². The van der Waals surface area contributed by atoms with Gasteiger partial charge in [-0.05, 0) is 53.6 Å². The van der Waals surface area contributed by atoms with Crippen molar-refractivity contribution in [1.82, 2.24) is 0 Å². The van der Waals surface area contributed by atoms with Crippen molar-refractivity contribution in [1.29, 1.82) is 0 Å². The molecule has 1 amide bonds. The van der Waals surface area contributed by atoms with Crippen LogP contribution in [0.4, 0.5) is 5.69 Å². The van der Waals surface area contributed by atoms with Gasteiger partial charge in [-0.25, -0.2) is 4.79 Å². The lowest BCUT2D eigenvalue weighted by atomic mass is 9.97. The predicted octanol–water partition coefficient (Wildman–Crippen LogP) is 5.03. The first-order valence-electron chi connectivity index (χ1n) is 8.69. The fourth-order valence-corrected chi connectivity index (χ4v) is 3.06. The molecule has 1 N–H and O–H groups in total. The molecule has 0 unspecified atom stereocenters. The highest BCUT2D eigenvalue weighted by Gasteiger charge is 2.18. The van der Waals surface area contributed by atoms with Gasteiger partial charge in [0.25, 0.3) is 0 Å². The SMILES string of the molecule is COC(=O)c1ccc(Cl)c(NC(=O)[C@@H](C)c2ccc3cc(OC)ccc3c2)c1. The van der Waals surface area contributed by atoms with Crippen LogP contribution in [0.25, 0.3) is 10.8 Å². The van der Waals surface area contributed by atoms with Crippen molar-refractivity contribution >= 4 is 39.9 Å². The fourth-order valence-electron chi connectivity index (χ4n) is 2.90. The lowest BCUT2D eigenvalue weighted by molar-refractivity contribution is -0.117. The highest BCUT2D eigenvalue weighted by atomic mass is 35.5. The molecular formula is C22H20ClNO4. The zero-order chi connectivity index (χ0) is 20.3. The first-order valence-corrected chi connectivity index (χ1v) is 9.07. The molecule has 3 aromatic carbocycles. The topological polar surface area (TPSA) is 64.6 Å². The van der Waals surface area contributed by atoms with E-state index in [4.69, 9.17) is 21.1 Å². The van der Waals surface area contributed by atoms with Gasteiger partial charge in [-0.1, -0.05) is 35.9 Å². The Morgan fingerprint density at radius 2 is 1.68 bits per heavy atom. The number of nitrogens with one attached hydrogen (secondary N) is 1. The highest BCUT2D eigenvalue weighted by Crippen LogP contribution is 2.28. The fraction of sp³-hybridized carbons (Fsp3) is 0.182. The molecule has 0 radical (unpaired) electrons. The molecule has 0 aliphatic rings. The van der Waals surface area contributed by atoms with E-state index in [1.54, 1.807) is 19.2 Å². The Kier molecular flexibility index (Phi) is 5.85. The summed E-state index contributed by atoms with van der Waals surface area (Å²) in [5, 5.41) is 5.19. The second-order valence-electron chi connectivity index (χ2n) is 6.37. The van der Waals surface area contributed by atoms with Gasteiger partial charge in [0.05, 0.1) is 36.4 Å². The molecular weight excluding hydrogens is 378 g/mol. The Balaban J connectivity index is 1.83. The van der Waals surface area contributed by atoms with Crippen molar-refractivity contribution in [2.24, 2.45) is 0 Å². The third-order valence-electron chi connectivity index (χ3n) is 4.61. The van der Waals surface area contributed by atoms with Crippen molar-refractivity contribution in [3.63, 3.8) is 0 Å². The molecule has 0 fully saturated rings. The van der Waals surface area contributed by atoms with Crippen LogP contribution in [0.15, 0.2) is 54.6 Å². The minimum absolute atomic E-state index is 0.225. The normalized spacial score (nSPS) is 11.7. The summed E-state index contributed by atoms with van der Waals surface area (Å²) in [4.78, 5) is 24.4. The van der Waals surface area contributed by atoms with Crippen LogP contribution >= 0.6 is 11.6 Å². The smallest absolute Gasteiger partial charge is 0.337 e. The van der Waals surface area contributed by atoms with E-state index >= 15 is 0 Å². The molecule has 28 heavy (non-hydrogen) atoms. The first-order chi connectivity index (χ1) is 13.4. The predicted molar refractivity (Wildman–Crippen MR) is 110 cm³/mol. The number of rotatable bonds is 5. The number of carbonyl (C=O) groups is 2. The highest BCUT2D eigenvalue weighted by molar-refractivity contribution is 6.34. The van der Waals surface area contributed by atoms with E-state index in [9.17, 15) is 9.59 Å². The molecule has 0 bridgehead atoms. The van der Waals surface area contributed by atoms with E-state index in [-0.39, 0.29) is 5.91 Å². The van der Waals surface area contributed by atoms with E-state index in [0.29, 0.717) is 16.3 Å². The van der Waals surface area contributed by atoms with E-state index in [2.05, 4.69) is 5.32 Å². The van der Waals surface area contributed by atoms with Crippen LogP contribution in [0.1, 0.15) is 28.8 Å². The van der Waals surface area contributed by atoms with Crippen molar-refractivity contribution in [2.75, 3.05) is 19.5 Å². The average molecular weight is 398 g/mol. The summed E-state index contributed by atoms with van der Waals surface area (Å²) in [6.45, 7) is 1.82.